The van der Waals surface area contributed by atoms with E-state index in [1.807, 2.05) is 60.7 Å². The molecule has 0 aliphatic heterocycles. The first-order chi connectivity index (χ1) is 16.9. The van der Waals surface area contributed by atoms with Crippen molar-refractivity contribution in [3.8, 4) is 0 Å². The monoisotopic (exact) mass is 486 g/mol. The second-order valence-corrected chi connectivity index (χ2v) is 10.3. The van der Waals surface area contributed by atoms with Crippen molar-refractivity contribution in [1.29, 1.82) is 0 Å². The van der Waals surface area contributed by atoms with Crippen LogP contribution in [0.1, 0.15) is 32.8 Å². The quantitative estimate of drug-likeness (QED) is 0.257. The zero-order chi connectivity index (χ0) is 24.7. The molecule has 0 saturated heterocycles. The van der Waals surface area contributed by atoms with Crippen LogP contribution in [0.5, 0.6) is 0 Å². The second-order valence-electron chi connectivity index (χ2n) is 8.07. The Labute approximate surface area is 204 Å². The Bertz CT molecular complexity index is 1290. The van der Waals surface area contributed by atoms with Gasteiger partial charge in [-0.05, 0) is 46.5 Å². The third-order valence-corrected chi connectivity index (χ3v) is 7.91. The summed E-state index contributed by atoms with van der Waals surface area (Å²) in [5.74, 6) is -0.896. The topological polar surface area (TPSA) is 34.1 Å². The average molecular weight is 487 g/mol. The Kier molecular flexibility index (Phi) is 7.68. The van der Waals surface area contributed by atoms with Crippen LogP contribution in [0.25, 0.3) is 12.2 Å². The zero-order valence-electron chi connectivity index (χ0n) is 18.8. The molecule has 0 amide bonds. The predicted octanol–water partition coefficient (Wildman–Crippen LogP) is 7.59. The van der Waals surface area contributed by atoms with E-state index in [0.29, 0.717) is 11.1 Å². The average Bonchev–Trinajstić information content (AvgIpc) is 2.87. The minimum Gasteiger partial charge on any atom is -0.227 e. The highest BCUT2D eigenvalue weighted by Crippen LogP contribution is 2.37. The Morgan fingerprint density at radius 2 is 0.857 bits per heavy atom. The molecule has 0 N–H and O–H groups in total. The molecule has 0 heterocycles. The van der Waals surface area contributed by atoms with Crippen LogP contribution in [-0.2, 0) is 9.84 Å². The van der Waals surface area contributed by atoms with Crippen molar-refractivity contribution in [3.05, 3.63) is 155 Å². The summed E-state index contributed by atoms with van der Waals surface area (Å²) in [6.07, 6.45) is 6.72. The van der Waals surface area contributed by atoms with Crippen molar-refractivity contribution in [2.75, 3.05) is 0 Å². The molecule has 0 aliphatic carbocycles. The normalized spacial score (nSPS) is 13.8. The van der Waals surface area contributed by atoms with Crippen LogP contribution in [0.4, 0.5) is 8.78 Å². The molecule has 0 fully saturated rings. The maximum absolute atomic E-state index is 14.2. The highest BCUT2D eigenvalue weighted by molar-refractivity contribution is 7.92. The van der Waals surface area contributed by atoms with Crippen LogP contribution >= 0.6 is 0 Å². The molecular weight excluding hydrogens is 462 g/mol. The molecule has 0 aromatic heterocycles. The Morgan fingerprint density at radius 1 is 0.514 bits per heavy atom. The number of benzene rings is 4. The predicted molar refractivity (Wildman–Crippen MR) is 138 cm³/mol. The first kappa shape index (κ1) is 24.3. The fraction of sp³-hybridized carbons (Fsp3) is 0.0667. The number of hydrogen-bond acceptors (Lipinski definition) is 2. The zero-order valence-corrected chi connectivity index (χ0v) is 19.7. The summed E-state index contributed by atoms with van der Waals surface area (Å²) in [6, 6.07) is 29.6. The van der Waals surface area contributed by atoms with Gasteiger partial charge in [-0.25, -0.2) is 17.2 Å². The van der Waals surface area contributed by atoms with Crippen molar-refractivity contribution < 1.29 is 17.2 Å². The van der Waals surface area contributed by atoms with E-state index in [-0.39, 0.29) is 0 Å². The summed E-state index contributed by atoms with van der Waals surface area (Å²) in [4.78, 5) is 0. The molecule has 0 spiro atoms. The molecule has 2 unspecified atom stereocenters. The third-order valence-electron chi connectivity index (χ3n) is 5.63. The number of hydrogen-bond donors (Lipinski definition) is 0. The fourth-order valence-corrected chi connectivity index (χ4v) is 5.79. The van der Waals surface area contributed by atoms with Gasteiger partial charge < -0.3 is 0 Å². The molecule has 4 rings (SSSR count). The van der Waals surface area contributed by atoms with E-state index in [2.05, 4.69) is 0 Å². The third kappa shape index (κ3) is 6.19. The van der Waals surface area contributed by atoms with Crippen molar-refractivity contribution in [3.63, 3.8) is 0 Å². The maximum atomic E-state index is 14.2. The van der Waals surface area contributed by atoms with Crippen LogP contribution in [0, 0.1) is 11.6 Å². The van der Waals surface area contributed by atoms with E-state index in [0.717, 1.165) is 11.1 Å². The number of sulfone groups is 1. The lowest BCUT2D eigenvalue weighted by atomic mass is 10.1. The Hall–Kier alpha value is -3.83. The summed E-state index contributed by atoms with van der Waals surface area (Å²) in [5, 5.41) is -2.11. The first-order valence-corrected chi connectivity index (χ1v) is 12.7. The van der Waals surface area contributed by atoms with Crippen molar-refractivity contribution in [2.24, 2.45) is 0 Å². The SMILES string of the molecule is O=S(=O)(C(C=Cc1ccccc1)c1ccc(F)cc1)C(C=Cc1ccccc1)c1ccc(F)cc1. The molecule has 2 atom stereocenters. The minimum atomic E-state index is -3.95. The molecule has 4 aromatic rings. The fourth-order valence-electron chi connectivity index (χ4n) is 3.81. The van der Waals surface area contributed by atoms with Gasteiger partial charge in [0.1, 0.15) is 22.1 Å². The Morgan fingerprint density at radius 3 is 1.20 bits per heavy atom. The van der Waals surface area contributed by atoms with Gasteiger partial charge in [0.2, 0.25) is 0 Å². The van der Waals surface area contributed by atoms with E-state index in [1.165, 1.54) is 48.5 Å². The standard InChI is InChI=1S/C30H24F2O2S/c31-27-17-13-25(14-18-27)29(21-11-23-7-3-1-4-8-23)35(33,34)30(26-15-19-28(32)20-16-26)22-12-24-9-5-2-6-10-24/h1-22,29-30H. The molecule has 2 nitrogen and oxygen atoms in total. The minimum absolute atomic E-state index is 0.443. The lowest BCUT2D eigenvalue weighted by Gasteiger charge is -2.22. The van der Waals surface area contributed by atoms with E-state index in [4.69, 9.17) is 0 Å². The molecule has 0 aliphatic rings. The van der Waals surface area contributed by atoms with Crippen LogP contribution in [-0.4, -0.2) is 8.42 Å². The molecule has 176 valence electrons. The smallest absolute Gasteiger partial charge is 0.171 e. The van der Waals surface area contributed by atoms with E-state index < -0.39 is 32.0 Å². The lowest BCUT2D eigenvalue weighted by molar-refractivity contribution is 0.583. The van der Waals surface area contributed by atoms with Crippen LogP contribution in [0.2, 0.25) is 0 Å². The van der Waals surface area contributed by atoms with E-state index >= 15 is 0 Å². The van der Waals surface area contributed by atoms with Gasteiger partial charge >= 0.3 is 0 Å². The van der Waals surface area contributed by atoms with Crippen LogP contribution < -0.4 is 0 Å². The van der Waals surface area contributed by atoms with Gasteiger partial charge in [-0.2, -0.15) is 0 Å². The number of rotatable bonds is 8. The molecule has 0 bridgehead atoms. The summed E-state index contributed by atoms with van der Waals surface area (Å²) in [6.45, 7) is 0. The molecule has 0 saturated carbocycles. The van der Waals surface area contributed by atoms with Gasteiger partial charge in [0.15, 0.2) is 9.84 Å². The van der Waals surface area contributed by atoms with Gasteiger partial charge in [0, 0.05) is 0 Å². The van der Waals surface area contributed by atoms with Gasteiger partial charge in [0.25, 0.3) is 0 Å². The molecule has 4 aromatic carbocycles. The highest BCUT2D eigenvalue weighted by atomic mass is 32.2. The molecular formula is C30H24F2O2S. The first-order valence-electron chi connectivity index (χ1n) is 11.1. The van der Waals surface area contributed by atoms with E-state index in [1.54, 1.807) is 24.3 Å². The molecule has 35 heavy (non-hydrogen) atoms. The molecule has 0 radical (unpaired) electrons. The van der Waals surface area contributed by atoms with Crippen molar-refractivity contribution in [1.82, 2.24) is 0 Å². The molecule has 5 heteroatoms. The summed E-state index contributed by atoms with van der Waals surface area (Å²) in [7, 11) is -3.95. The van der Waals surface area contributed by atoms with E-state index in [9.17, 15) is 17.2 Å². The number of halogens is 2. The maximum Gasteiger partial charge on any atom is 0.171 e. The Balaban J connectivity index is 1.82. The van der Waals surface area contributed by atoms with Crippen LogP contribution in [0.15, 0.2) is 121 Å². The largest absolute Gasteiger partial charge is 0.227 e. The highest BCUT2D eigenvalue weighted by Gasteiger charge is 2.33. The van der Waals surface area contributed by atoms with Crippen molar-refractivity contribution >= 4 is 22.0 Å². The summed E-state index contributed by atoms with van der Waals surface area (Å²) in [5.41, 5.74) is 2.57. The lowest BCUT2D eigenvalue weighted by Crippen LogP contribution is -2.19. The van der Waals surface area contributed by atoms with Gasteiger partial charge in [-0.3, -0.25) is 0 Å². The summed E-state index contributed by atoms with van der Waals surface area (Å²) < 4.78 is 55.6. The van der Waals surface area contributed by atoms with Gasteiger partial charge in [0.05, 0.1) is 0 Å². The van der Waals surface area contributed by atoms with Crippen LogP contribution in [0.3, 0.4) is 0 Å². The summed E-state index contributed by atoms with van der Waals surface area (Å²) >= 11 is 0. The van der Waals surface area contributed by atoms with Gasteiger partial charge in [-0.15, -0.1) is 0 Å². The van der Waals surface area contributed by atoms with Crippen molar-refractivity contribution in [2.45, 2.75) is 10.5 Å². The second kappa shape index (κ2) is 11.1. The van der Waals surface area contributed by atoms with Gasteiger partial charge in [-0.1, -0.05) is 109 Å².